The van der Waals surface area contributed by atoms with Gasteiger partial charge in [-0.15, -0.1) is 0 Å². The molecule has 0 aromatic carbocycles. The molecule has 2 N–H and O–H groups in total. The lowest BCUT2D eigenvalue weighted by atomic mass is 9.60. The fourth-order valence-electron chi connectivity index (χ4n) is 2.70. The van der Waals surface area contributed by atoms with Crippen molar-refractivity contribution in [3.05, 3.63) is 0 Å². The summed E-state index contributed by atoms with van der Waals surface area (Å²) in [5.41, 5.74) is 0.500. The molecule has 2 rings (SSSR count). The molecule has 2 aliphatic rings. The van der Waals surface area contributed by atoms with E-state index in [1.54, 1.807) is 0 Å². The van der Waals surface area contributed by atoms with Crippen molar-refractivity contribution in [3.8, 4) is 0 Å². The van der Waals surface area contributed by atoms with Crippen LogP contribution in [-0.4, -0.2) is 24.2 Å². The maximum absolute atomic E-state index is 10.4. The topological polar surface area (TPSA) is 49.3 Å². The molecular weight excluding hydrogens is 154 g/mol. The van der Waals surface area contributed by atoms with Crippen molar-refractivity contribution in [1.82, 2.24) is 5.32 Å². The second kappa shape index (κ2) is 2.73. The van der Waals surface area contributed by atoms with Gasteiger partial charge in [0.2, 0.25) is 0 Å². The van der Waals surface area contributed by atoms with Crippen LogP contribution >= 0.6 is 0 Å². The second-order valence-corrected chi connectivity index (χ2v) is 4.30. The molecular formula is C9H15NO2. The number of hydrogen-bond acceptors (Lipinski definition) is 2. The van der Waals surface area contributed by atoms with E-state index in [0.717, 1.165) is 25.9 Å². The molecule has 12 heavy (non-hydrogen) atoms. The van der Waals surface area contributed by atoms with Gasteiger partial charge in [-0.2, -0.15) is 0 Å². The molecule has 3 heteroatoms. The molecule has 1 heterocycles. The molecule has 1 spiro atoms. The third-order valence-corrected chi connectivity index (χ3v) is 3.24. The van der Waals surface area contributed by atoms with E-state index >= 15 is 0 Å². The predicted octanol–water partition coefficient (Wildman–Crippen LogP) is 0.851. The van der Waals surface area contributed by atoms with E-state index in [2.05, 4.69) is 5.32 Å². The predicted molar refractivity (Wildman–Crippen MR) is 44.9 cm³/mol. The number of carboxylic acids is 1. The van der Waals surface area contributed by atoms with Crippen molar-refractivity contribution in [2.75, 3.05) is 13.1 Å². The Morgan fingerprint density at radius 2 is 2.33 bits per heavy atom. The largest absolute Gasteiger partial charge is 0.481 e. The minimum Gasteiger partial charge on any atom is -0.481 e. The molecule has 3 nitrogen and oxygen atoms in total. The molecule has 0 atom stereocenters. The van der Waals surface area contributed by atoms with Crippen molar-refractivity contribution in [2.45, 2.75) is 25.7 Å². The van der Waals surface area contributed by atoms with Crippen molar-refractivity contribution in [1.29, 1.82) is 0 Å². The summed E-state index contributed by atoms with van der Waals surface area (Å²) in [4.78, 5) is 10.4. The van der Waals surface area contributed by atoms with E-state index in [1.165, 1.54) is 6.42 Å². The number of carbonyl (C=O) groups is 1. The molecule has 1 saturated carbocycles. The molecule has 0 aromatic rings. The lowest BCUT2D eigenvalue weighted by Gasteiger charge is -2.44. The van der Waals surface area contributed by atoms with Gasteiger partial charge in [0.15, 0.2) is 0 Å². The van der Waals surface area contributed by atoms with Crippen LogP contribution in [0.4, 0.5) is 0 Å². The summed E-state index contributed by atoms with van der Waals surface area (Å²) >= 11 is 0. The first-order valence-corrected chi connectivity index (χ1v) is 4.63. The number of nitrogens with one attached hydrogen (secondary N) is 1. The van der Waals surface area contributed by atoms with Crippen LogP contribution in [0.5, 0.6) is 0 Å². The smallest absolute Gasteiger partial charge is 0.303 e. The quantitative estimate of drug-likeness (QED) is 0.644. The van der Waals surface area contributed by atoms with Crippen LogP contribution in [0, 0.1) is 11.3 Å². The van der Waals surface area contributed by atoms with Crippen molar-refractivity contribution in [2.24, 2.45) is 11.3 Å². The minimum absolute atomic E-state index is 0.377. The normalized spacial score (nSPS) is 39.8. The lowest BCUT2D eigenvalue weighted by molar-refractivity contribution is -0.140. The van der Waals surface area contributed by atoms with Gasteiger partial charge in [0, 0.05) is 13.0 Å². The maximum Gasteiger partial charge on any atom is 0.303 e. The number of rotatable bonds is 2. The highest BCUT2D eigenvalue weighted by Crippen LogP contribution is 2.50. The van der Waals surface area contributed by atoms with E-state index in [9.17, 15) is 4.79 Å². The van der Waals surface area contributed by atoms with Gasteiger partial charge in [-0.1, -0.05) is 0 Å². The Bertz CT molecular complexity index is 189. The molecule has 0 radical (unpaired) electrons. The van der Waals surface area contributed by atoms with Crippen LogP contribution in [0.15, 0.2) is 0 Å². The third-order valence-electron chi connectivity index (χ3n) is 3.24. The first-order chi connectivity index (χ1) is 5.70. The van der Waals surface area contributed by atoms with Gasteiger partial charge in [-0.3, -0.25) is 4.79 Å². The van der Waals surface area contributed by atoms with Crippen molar-refractivity contribution in [3.63, 3.8) is 0 Å². The summed E-state index contributed by atoms with van der Waals surface area (Å²) in [6, 6.07) is 0. The molecule has 68 valence electrons. The first-order valence-electron chi connectivity index (χ1n) is 4.63. The van der Waals surface area contributed by atoms with Crippen molar-refractivity contribution < 1.29 is 9.90 Å². The molecule has 1 aliphatic carbocycles. The van der Waals surface area contributed by atoms with Crippen LogP contribution in [0.25, 0.3) is 0 Å². The van der Waals surface area contributed by atoms with Gasteiger partial charge in [0.1, 0.15) is 0 Å². The van der Waals surface area contributed by atoms with E-state index in [0.29, 0.717) is 17.8 Å². The highest BCUT2D eigenvalue weighted by molar-refractivity contribution is 5.67. The van der Waals surface area contributed by atoms with Gasteiger partial charge in [-0.05, 0) is 37.1 Å². The zero-order valence-electron chi connectivity index (χ0n) is 7.18. The standard InChI is InChI=1S/C9H15NO2/c11-8(12)3-7-4-9(5-7)1-2-10-6-9/h7,10H,1-6H2,(H,11,12). The van der Waals surface area contributed by atoms with Gasteiger partial charge < -0.3 is 10.4 Å². The molecule has 0 aromatic heterocycles. The zero-order chi connectivity index (χ0) is 8.60. The molecule has 0 bridgehead atoms. The number of aliphatic carboxylic acids is 1. The van der Waals surface area contributed by atoms with Crippen molar-refractivity contribution >= 4 is 5.97 Å². The summed E-state index contributed by atoms with van der Waals surface area (Å²) in [6.45, 7) is 2.24. The minimum atomic E-state index is -0.638. The summed E-state index contributed by atoms with van der Waals surface area (Å²) < 4.78 is 0. The van der Waals surface area contributed by atoms with Crippen LogP contribution in [0.1, 0.15) is 25.7 Å². The third kappa shape index (κ3) is 1.33. The molecule has 1 saturated heterocycles. The lowest BCUT2D eigenvalue weighted by Crippen LogP contribution is -2.39. The van der Waals surface area contributed by atoms with Gasteiger partial charge in [-0.25, -0.2) is 0 Å². The van der Waals surface area contributed by atoms with E-state index < -0.39 is 5.97 Å². The summed E-state index contributed by atoms with van der Waals surface area (Å²) in [5, 5.41) is 11.9. The Kier molecular flexibility index (Phi) is 1.83. The first kappa shape index (κ1) is 8.05. The van der Waals surface area contributed by atoms with Crippen LogP contribution in [0.3, 0.4) is 0 Å². The molecule has 2 fully saturated rings. The number of hydrogen-bond donors (Lipinski definition) is 2. The SMILES string of the molecule is O=C(O)CC1CC2(CCNC2)C1. The van der Waals surface area contributed by atoms with E-state index in [-0.39, 0.29) is 0 Å². The second-order valence-electron chi connectivity index (χ2n) is 4.30. The molecule has 0 unspecified atom stereocenters. The molecule has 0 amide bonds. The van der Waals surface area contributed by atoms with Crippen LogP contribution in [-0.2, 0) is 4.79 Å². The van der Waals surface area contributed by atoms with Gasteiger partial charge in [0.05, 0.1) is 0 Å². The average molecular weight is 169 g/mol. The highest BCUT2D eigenvalue weighted by atomic mass is 16.4. The fourth-order valence-corrected chi connectivity index (χ4v) is 2.70. The van der Waals surface area contributed by atoms with Gasteiger partial charge in [0.25, 0.3) is 0 Å². The van der Waals surface area contributed by atoms with E-state index in [4.69, 9.17) is 5.11 Å². The Morgan fingerprint density at radius 3 is 2.83 bits per heavy atom. The summed E-state index contributed by atoms with van der Waals surface area (Å²) in [6.07, 6.45) is 3.89. The summed E-state index contributed by atoms with van der Waals surface area (Å²) in [7, 11) is 0. The number of carboxylic acid groups (broad SMARTS) is 1. The Hall–Kier alpha value is -0.570. The highest BCUT2D eigenvalue weighted by Gasteiger charge is 2.46. The van der Waals surface area contributed by atoms with Gasteiger partial charge >= 0.3 is 5.97 Å². The zero-order valence-corrected chi connectivity index (χ0v) is 7.18. The van der Waals surface area contributed by atoms with E-state index in [1.807, 2.05) is 0 Å². The van der Waals surface area contributed by atoms with Crippen LogP contribution in [0.2, 0.25) is 0 Å². The summed E-state index contributed by atoms with van der Waals surface area (Å²) in [5.74, 6) is -0.178. The Labute approximate surface area is 72.2 Å². The molecule has 1 aliphatic heterocycles. The Morgan fingerprint density at radius 1 is 1.58 bits per heavy atom. The van der Waals surface area contributed by atoms with Crippen LogP contribution < -0.4 is 5.32 Å². The monoisotopic (exact) mass is 169 g/mol. The fraction of sp³-hybridized carbons (Fsp3) is 0.889. The Balaban J connectivity index is 1.79. The maximum atomic E-state index is 10.4. The average Bonchev–Trinajstić information content (AvgIpc) is 2.33.